The van der Waals surface area contributed by atoms with Gasteiger partial charge in [-0.05, 0) is 67.6 Å². The summed E-state index contributed by atoms with van der Waals surface area (Å²) in [6, 6.07) is 6.79. The third-order valence-electron chi connectivity index (χ3n) is 7.47. The van der Waals surface area contributed by atoms with Gasteiger partial charge in [0, 0.05) is 5.69 Å². The van der Waals surface area contributed by atoms with E-state index < -0.39 is 29.0 Å². The summed E-state index contributed by atoms with van der Waals surface area (Å²) in [7, 11) is 0. The highest BCUT2D eigenvalue weighted by atomic mass is 35.5. The predicted molar refractivity (Wildman–Crippen MR) is 117 cm³/mol. The summed E-state index contributed by atoms with van der Waals surface area (Å²) in [4.78, 5) is 36.4. The van der Waals surface area contributed by atoms with E-state index in [-0.39, 0.29) is 17.4 Å². The van der Waals surface area contributed by atoms with E-state index in [1.165, 1.54) is 10.9 Å². The molecule has 4 fully saturated rings. The van der Waals surface area contributed by atoms with Crippen LogP contribution >= 0.6 is 11.6 Å². The molecule has 4 bridgehead atoms. The number of rotatable bonds is 6. The summed E-state index contributed by atoms with van der Waals surface area (Å²) in [5.74, 6) is -1.46. The molecule has 8 nitrogen and oxygen atoms in total. The van der Waals surface area contributed by atoms with Crippen molar-refractivity contribution in [2.45, 2.75) is 44.1 Å². The van der Waals surface area contributed by atoms with Gasteiger partial charge in [-0.1, -0.05) is 23.7 Å². The number of carbonyl (C=O) groups is 2. The molecule has 4 saturated carbocycles. The molecule has 3 atom stereocenters. The summed E-state index contributed by atoms with van der Waals surface area (Å²) in [5.41, 5.74) is 0.323. The fourth-order valence-corrected chi connectivity index (χ4v) is 6.78. The van der Waals surface area contributed by atoms with E-state index in [0.717, 1.165) is 19.3 Å². The molecule has 168 valence electrons. The van der Waals surface area contributed by atoms with Crippen LogP contribution in [-0.2, 0) is 21.5 Å². The Morgan fingerprint density at radius 3 is 2.38 bits per heavy atom. The molecular weight excluding hydrogens is 434 g/mol. The first-order valence-corrected chi connectivity index (χ1v) is 11.2. The van der Waals surface area contributed by atoms with Crippen LogP contribution in [-0.4, -0.2) is 31.9 Å². The molecule has 0 amide bonds. The van der Waals surface area contributed by atoms with Crippen LogP contribution in [0, 0.1) is 23.7 Å². The molecule has 0 saturated heterocycles. The number of halogens is 1. The minimum atomic E-state index is -0.911. The normalized spacial score (nSPS) is 30.3. The number of benzene rings is 1. The van der Waals surface area contributed by atoms with Gasteiger partial charge in [0.2, 0.25) is 0 Å². The van der Waals surface area contributed by atoms with Crippen molar-refractivity contribution in [1.29, 1.82) is 0 Å². The van der Waals surface area contributed by atoms with Gasteiger partial charge in [-0.3, -0.25) is 14.4 Å². The van der Waals surface area contributed by atoms with Crippen LogP contribution in [0.1, 0.15) is 37.7 Å². The lowest BCUT2D eigenvalue weighted by atomic mass is 9.48. The van der Waals surface area contributed by atoms with Crippen LogP contribution in [0.2, 0.25) is 5.02 Å². The molecule has 1 aromatic carbocycles. The fourth-order valence-electron chi connectivity index (χ4n) is 6.61. The average Bonchev–Trinajstić information content (AvgIpc) is 2.71. The molecule has 0 aliphatic heterocycles. The highest BCUT2D eigenvalue weighted by Gasteiger charge is 2.61. The van der Waals surface area contributed by atoms with Gasteiger partial charge in [-0.25, -0.2) is 4.68 Å². The van der Waals surface area contributed by atoms with Crippen LogP contribution in [0.15, 0.2) is 35.3 Å². The molecule has 1 aromatic heterocycles. The molecule has 9 heteroatoms. The Kier molecular flexibility index (Phi) is 5.00. The lowest BCUT2D eigenvalue weighted by Gasteiger charge is -2.59. The topological polar surface area (TPSA) is 122 Å². The van der Waals surface area contributed by atoms with Crippen molar-refractivity contribution in [1.82, 2.24) is 9.78 Å². The van der Waals surface area contributed by atoms with E-state index in [4.69, 9.17) is 16.7 Å². The molecule has 4 aliphatic rings. The van der Waals surface area contributed by atoms with Crippen LogP contribution in [0.4, 0.5) is 11.4 Å². The summed E-state index contributed by atoms with van der Waals surface area (Å²) < 4.78 is 1.36. The van der Waals surface area contributed by atoms with E-state index in [1.807, 2.05) is 0 Å². The van der Waals surface area contributed by atoms with Gasteiger partial charge in [-0.2, -0.15) is 5.10 Å². The number of nitrogens with zero attached hydrogens (tertiary/aromatic N) is 2. The largest absolute Gasteiger partial charge is 0.481 e. The van der Waals surface area contributed by atoms with E-state index in [0.29, 0.717) is 41.6 Å². The number of nitrogens with one attached hydrogen (secondary N) is 1. The Hall–Kier alpha value is -2.87. The number of hydrogen-bond donors (Lipinski definition) is 3. The van der Waals surface area contributed by atoms with E-state index >= 15 is 0 Å². The molecule has 4 aliphatic carbocycles. The van der Waals surface area contributed by atoms with Crippen molar-refractivity contribution in [3.63, 3.8) is 0 Å². The average molecular weight is 458 g/mol. The van der Waals surface area contributed by atoms with Gasteiger partial charge in [0.25, 0.3) is 5.56 Å². The Balaban J connectivity index is 1.47. The van der Waals surface area contributed by atoms with Crippen LogP contribution in [0.25, 0.3) is 0 Å². The van der Waals surface area contributed by atoms with Crippen LogP contribution < -0.4 is 10.9 Å². The van der Waals surface area contributed by atoms with E-state index in [1.54, 1.807) is 24.3 Å². The highest BCUT2D eigenvalue weighted by molar-refractivity contribution is 6.33. The van der Waals surface area contributed by atoms with Gasteiger partial charge >= 0.3 is 11.9 Å². The molecule has 2 aromatic rings. The number of carboxylic acid groups (broad SMARTS) is 2. The third kappa shape index (κ3) is 3.37. The van der Waals surface area contributed by atoms with Gasteiger partial charge < -0.3 is 15.5 Å². The molecule has 1 heterocycles. The van der Waals surface area contributed by atoms with Crippen LogP contribution in [0.3, 0.4) is 0 Å². The molecule has 3 N–H and O–H groups in total. The molecule has 0 spiro atoms. The second-order valence-corrected chi connectivity index (χ2v) is 9.89. The summed E-state index contributed by atoms with van der Waals surface area (Å²) in [6.45, 7) is 0. The standard InChI is InChI=1S/C23H24ClN3O5/c24-20-17(26-16-3-1-12(2-4-16)8-18(28)29)11-25-27(21(20)30)23-9-13-5-14(10-23)7-15(6-13)19(23)22(31)32/h1-4,11,13-15,19,26H,5-10H2,(H,28,29)(H,31,32)/t13-,14-,15?,19-,23?/m1/s1. The summed E-state index contributed by atoms with van der Waals surface area (Å²) >= 11 is 6.45. The molecule has 0 unspecified atom stereocenters. The second-order valence-electron chi connectivity index (χ2n) is 9.51. The minimum absolute atomic E-state index is 0.0329. The molecule has 6 rings (SSSR count). The first kappa shape index (κ1) is 21.0. The van der Waals surface area contributed by atoms with Gasteiger partial charge in [0.05, 0.1) is 29.8 Å². The van der Waals surface area contributed by atoms with Crippen molar-refractivity contribution in [3.8, 4) is 0 Å². The third-order valence-corrected chi connectivity index (χ3v) is 7.83. The van der Waals surface area contributed by atoms with Crippen molar-refractivity contribution in [2.24, 2.45) is 23.7 Å². The van der Waals surface area contributed by atoms with Gasteiger partial charge in [0.1, 0.15) is 5.02 Å². The highest BCUT2D eigenvalue weighted by Crippen LogP contribution is 2.61. The second kappa shape index (κ2) is 7.62. The molecule has 32 heavy (non-hydrogen) atoms. The quantitative estimate of drug-likeness (QED) is 0.606. The first-order valence-electron chi connectivity index (χ1n) is 10.9. The Morgan fingerprint density at radius 2 is 1.78 bits per heavy atom. The van der Waals surface area contributed by atoms with Crippen LogP contribution in [0.5, 0.6) is 0 Å². The lowest BCUT2D eigenvalue weighted by molar-refractivity contribution is -0.168. The maximum absolute atomic E-state index is 13.3. The van der Waals surface area contributed by atoms with E-state index in [2.05, 4.69) is 10.4 Å². The summed E-state index contributed by atoms with van der Waals surface area (Å²) in [5, 5.41) is 26.4. The minimum Gasteiger partial charge on any atom is -0.481 e. The Labute approximate surface area is 189 Å². The zero-order chi connectivity index (χ0) is 22.6. The molecular formula is C23H24ClN3O5. The Morgan fingerprint density at radius 1 is 1.12 bits per heavy atom. The first-order chi connectivity index (χ1) is 15.3. The zero-order valence-electron chi connectivity index (χ0n) is 17.3. The predicted octanol–water partition coefficient (Wildman–Crippen LogP) is 3.50. The lowest BCUT2D eigenvalue weighted by Crippen LogP contribution is -2.63. The van der Waals surface area contributed by atoms with Gasteiger partial charge in [-0.15, -0.1) is 0 Å². The number of carboxylic acids is 2. The number of aliphatic carboxylic acids is 2. The smallest absolute Gasteiger partial charge is 0.309 e. The zero-order valence-corrected chi connectivity index (χ0v) is 18.1. The molecule has 0 radical (unpaired) electrons. The fraction of sp³-hybridized carbons (Fsp3) is 0.478. The van der Waals surface area contributed by atoms with Gasteiger partial charge in [0.15, 0.2) is 0 Å². The monoisotopic (exact) mass is 457 g/mol. The summed E-state index contributed by atoms with van der Waals surface area (Å²) in [6.07, 6.45) is 5.63. The maximum Gasteiger partial charge on any atom is 0.309 e. The van der Waals surface area contributed by atoms with Crippen molar-refractivity contribution in [2.75, 3.05) is 5.32 Å². The number of hydrogen-bond acceptors (Lipinski definition) is 5. The van der Waals surface area contributed by atoms with Crippen molar-refractivity contribution < 1.29 is 19.8 Å². The van der Waals surface area contributed by atoms with E-state index in [9.17, 15) is 19.5 Å². The van der Waals surface area contributed by atoms with Crippen molar-refractivity contribution in [3.05, 3.63) is 51.4 Å². The Bertz CT molecular complexity index is 1130. The maximum atomic E-state index is 13.3. The number of aromatic nitrogens is 2. The van der Waals surface area contributed by atoms with Crippen molar-refractivity contribution >= 4 is 34.9 Å². The number of anilines is 2. The SMILES string of the molecule is O=C(O)Cc1ccc(Nc2cnn(C34C[C@H]5CC(C[C@@H](C5)C3)[C@@H]4C(=O)O)c(=O)c2Cl)cc1.